The van der Waals surface area contributed by atoms with Gasteiger partial charge in [0.2, 0.25) is 0 Å². The lowest BCUT2D eigenvalue weighted by Crippen LogP contribution is -2.06. The lowest BCUT2D eigenvalue weighted by atomic mass is 10.1. The van der Waals surface area contributed by atoms with Crippen LogP contribution in [-0.4, -0.2) is 18.9 Å². The number of rotatable bonds is 10. The molecule has 0 spiro atoms. The van der Waals surface area contributed by atoms with Crippen LogP contribution in [0.5, 0.6) is 0 Å². The van der Waals surface area contributed by atoms with E-state index >= 15 is 0 Å². The lowest BCUT2D eigenvalue weighted by molar-refractivity contribution is -0.138. The molecule has 0 aromatic heterocycles. The van der Waals surface area contributed by atoms with Crippen molar-refractivity contribution in [1.82, 2.24) is 0 Å². The molecule has 0 aliphatic carbocycles. The molecule has 0 amide bonds. The highest BCUT2D eigenvalue weighted by atomic mass is 16.5. The Morgan fingerprint density at radius 1 is 1.18 bits per heavy atom. The SMILES string of the molecule is C=C(C#N)C(=O)OCCCCCCCCC=O. The summed E-state index contributed by atoms with van der Waals surface area (Å²) in [4.78, 5) is 21.0. The van der Waals surface area contributed by atoms with E-state index in [9.17, 15) is 9.59 Å². The number of carbonyl (C=O) groups excluding carboxylic acids is 2. The van der Waals surface area contributed by atoms with Crippen LogP contribution in [0.3, 0.4) is 0 Å². The molecular formula is C13H19NO3. The minimum absolute atomic E-state index is 0.154. The molecule has 0 saturated heterocycles. The topological polar surface area (TPSA) is 67.2 Å². The van der Waals surface area contributed by atoms with Gasteiger partial charge in [0.1, 0.15) is 17.9 Å². The van der Waals surface area contributed by atoms with Crippen LogP contribution in [0.4, 0.5) is 0 Å². The predicted molar refractivity (Wildman–Crippen MR) is 64.1 cm³/mol. The maximum absolute atomic E-state index is 11.0. The van der Waals surface area contributed by atoms with Crippen LogP contribution in [0.1, 0.15) is 44.9 Å². The fraction of sp³-hybridized carbons (Fsp3) is 0.615. The third-order valence-electron chi connectivity index (χ3n) is 2.33. The third-order valence-corrected chi connectivity index (χ3v) is 2.33. The minimum atomic E-state index is -0.626. The van der Waals surface area contributed by atoms with E-state index in [1.807, 2.05) is 0 Å². The molecule has 0 atom stereocenters. The number of aldehydes is 1. The van der Waals surface area contributed by atoms with Crippen LogP contribution in [0.2, 0.25) is 0 Å². The van der Waals surface area contributed by atoms with Gasteiger partial charge in [-0.3, -0.25) is 0 Å². The van der Waals surface area contributed by atoms with E-state index in [-0.39, 0.29) is 5.57 Å². The monoisotopic (exact) mass is 237 g/mol. The van der Waals surface area contributed by atoms with E-state index in [2.05, 4.69) is 6.58 Å². The summed E-state index contributed by atoms with van der Waals surface area (Å²) in [6, 6.07) is 1.65. The number of carbonyl (C=O) groups is 2. The second-order valence-corrected chi connectivity index (χ2v) is 3.80. The first kappa shape index (κ1) is 15.4. The maximum Gasteiger partial charge on any atom is 0.348 e. The zero-order valence-corrected chi connectivity index (χ0v) is 10.1. The Balaban J connectivity index is 3.24. The minimum Gasteiger partial charge on any atom is -0.462 e. The molecule has 0 aromatic rings. The van der Waals surface area contributed by atoms with Gasteiger partial charge in [-0.2, -0.15) is 5.26 Å². The Morgan fingerprint density at radius 2 is 1.76 bits per heavy atom. The van der Waals surface area contributed by atoms with Crippen molar-refractivity contribution in [3.8, 4) is 6.07 Å². The van der Waals surface area contributed by atoms with Gasteiger partial charge in [0, 0.05) is 6.42 Å². The van der Waals surface area contributed by atoms with Crippen LogP contribution in [-0.2, 0) is 14.3 Å². The number of nitriles is 1. The van der Waals surface area contributed by atoms with Gasteiger partial charge >= 0.3 is 5.97 Å². The molecule has 0 rings (SSSR count). The molecule has 4 nitrogen and oxygen atoms in total. The van der Waals surface area contributed by atoms with E-state index in [1.54, 1.807) is 6.07 Å². The Bertz CT molecular complexity index is 292. The fourth-order valence-corrected chi connectivity index (χ4v) is 1.33. The van der Waals surface area contributed by atoms with Gasteiger partial charge in [-0.15, -0.1) is 0 Å². The summed E-state index contributed by atoms with van der Waals surface area (Å²) in [7, 11) is 0. The fourth-order valence-electron chi connectivity index (χ4n) is 1.33. The molecule has 0 heterocycles. The third kappa shape index (κ3) is 9.31. The average molecular weight is 237 g/mol. The van der Waals surface area contributed by atoms with Gasteiger partial charge in [-0.1, -0.05) is 32.3 Å². The Kier molecular flexibility index (Phi) is 9.83. The summed E-state index contributed by atoms with van der Waals surface area (Å²) in [5.74, 6) is -0.626. The molecule has 4 heteroatoms. The first-order valence-electron chi connectivity index (χ1n) is 5.92. The molecule has 0 aliphatic heterocycles. The van der Waals surface area contributed by atoms with E-state index in [1.165, 1.54) is 0 Å². The zero-order chi connectivity index (χ0) is 12.9. The number of unbranched alkanes of at least 4 members (excludes halogenated alkanes) is 6. The molecule has 0 unspecified atom stereocenters. The Morgan fingerprint density at radius 3 is 2.35 bits per heavy atom. The molecule has 0 N–H and O–H groups in total. The van der Waals surface area contributed by atoms with Crippen molar-refractivity contribution in [2.24, 2.45) is 0 Å². The molecule has 17 heavy (non-hydrogen) atoms. The highest BCUT2D eigenvalue weighted by Crippen LogP contribution is 2.06. The second kappa shape index (κ2) is 10.9. The van der Waals surface area contributed by atoms with Crippen LogP contribution < -0.4 is 0 Å². The summed E-state index contributed by atoms with van der Waals surface area (Å²) in [5, 5.41) is 8.37. The first-order chi connectivity index (χ1) is 8.22. The van der Waals surface area contributed by atoms with Gasteiger partial charge in [0.15, 0.2) is 0 Å². The molecule has 0 radical (unpaired) electrons. The van der Waals surface area contributed by atoms with E-state index in [0.717, 1.165) is 44.8 Å². The van der Waals surface area contributed by atoms with Gasteiger partial charge < -0.3 is 9.53 Å². The van der Waals surface area contributed by atoms with Crippen molar-refractivity contribution in [2.75, 3.05) is 6.61 Å². The number of esters is 1. The van der Waals surface area contributed by atoms with Gasteiger partial charge in [0.25, 0.3) is 0 Å². The number of hydrogen-bond acceptors (Lipinski definition) is 4. The maximum atomic E-state index is 11.0. The summed E-state index contributed by atoms with van der Waals surface area (Å²) in [6.45, 7) is 3.61. The van der Waals surface area contributed by atoms with Crippen molar-refractivity contribution >= 4 is 12.3 Å². The van der Waals surface area contributed by atoms with E-state index in [4.69, 9.17) is 10.00 Å². The highest BCUT2D eigenvalue weighted by molar-refractivity contribution is 5.91. The number of ether oxygens (including phenoxy) is 1. The van der Waals surface area contributed by atoms with Crippen molar-refractivity contribution in [1.29, 1.82) is 5.26 Å². The first-order valence-corrected chi connectivity index (χ1v) is 5.92. The summed E-state index contributed by atoms with van der Waals surface area (Å²) in [5.41, 5.74) is -0.154. The average Bonchev–Trinajstić information content (AvgIpc) is 2.35. The largest absolute Gasteiger partial charge is 0.462 e. The van der Waals surface area contributed by atoms with Crippen molar-refractivity contribution in [3.63, 3.8) is 0 Å². The lowest BCUT2D eigenvalue weighted by Gasteiger charge is -2.03. The Hall–Kier alpha value is -1.63. The standard InChI is InChI=1S/C13H19NO3/c1-12(11-14)13(16)17-10-8-6-4-2-3-5-7-9-15/h9H,1-8,10H2. The Labute approximate surface area is 102 Å². The summed E-state index contributed by atoms with van der Waals surface area (Å²) >= 11 is 0. The molecule has 0 bridgehead atoms. The summed E-state index contributed by atoms with van der Waals surface area (Å²) < 4.78 is 4.83. The molecule has 0 aromatic carbocycles. The van der Waals surface area contributed by atoms with Gasteiger partial charge in [0.05, 0.1) is 6.61 Å². The van der Waals surface area contributed by atoms with Gasteiger partial charge in [-0.25, -0.2) is 4.79 Å². The van der Waals surface area contributed by atoms with Gasteiger partial charge in [-0.05, 0) is 12.8 Å². The van der Waals surface area contributed by atoms with Crippen molar-refractivity contribution in [3.05, 3.63) is 12.2 Å². The highest BCUT2D eigenvalue weighted by Gasteiger charge is 2.06. The normalized spacial score (nSPS) is 9.35. The molecule has 0 saturated carbocycles. The van der Waals surface area contributed by atoms with Crippen LogP contribution in [0.15, 0.2) is 12.2 Å². The van der Waals surface area contributed by atoms with E-state index < -0.39 is 5.97 Å². The van der Waals surface area contributed by atoms with Crippen LogP contribution in [0, 0.1) is 11.3 Å². The molecule has 94 valence electrons. The number of hydrogen-bond donors (Lipinski definition) is 0. The summed E-state index contributed by atoms with van der Waals surface area (Å²) in [6.07, 6.45) is 7.60. The second-order valence-electron chi connectivity index (χ2n) is 3.80. The molecule has 0 fully saturated rings. The molecular weight excluding hydrogens is 218 g/mol. The van der Waals surface area contributed by atoms with Crippen molar-refractivity contribution in [2.45, 2.75) is 44.9 Å². The van der Waals surface area contributed by atoms with E-state index in [0.29, 0.717) is 13.0 Å². The van der Waals surface area contributed by atoms with Crippen molar-refractivity contribution < 1.29 is 14.3 Å². The zero-order valence-electron chi connectivity index (χ0n) is 10.1. The van der Waals surface area contributed by atoms with Crippen LogP contribution in [0.25, 0.3) is 0 Å². The smallest absolute Gasteiger partial charge is 0.348 e. The predicted octanol–water partition coefficient (Wildman–Crippen LogP) is 2.54. The molecule has 0 aliphatic rings. The van der Waals surface area contributed by atoms with Crippen LogP contribution >= 0.6 is 0 Å². The quantitative estimate of drug-likeness (QED) is 0.192. The number of nitrogens with zero attached hydrogens (tertiary/aromatic N) is 1.